The van der Waals surface area contributed by atoms with Crippen molar-refractivity contribution in [3.05, 3.63) is 53.6 Å². The van der Waals surface area contributed by atoms with Gasteiger partial charge >= 0.3 is 0 Å². The van der Waals surface area contributed by atoms with Gasteiger partial charge in [0.2, 0.25) is 11.8 Å². The summed E-state index contributed by atoms with van der Waals surface area (Å²) in [5.74, 6) is -0.435. The predicted octanol–water partition coefficient (Wildman–Crippen LogP) is 3.84. The van der Waals surface area contributed by atoms with Gasteiger partial charge in [0, 0.05) is 31.4 Å². The van der Waals surface area contributed by atoms with Crippen LogP contribution < -0.4 is 10.2 Å². The van der Waals surface area contributed by atoms with Crippen LogP contribution in [-0.4, -0.2) is 36.6 Å². The van der Waals surface area contributed by atoms with Crippen LogP contribution in [0.5, 0.6) is 0 Å². The number of benzene rings is 1. The van der Waals surface area contributed by atoms with Gasteiger partial charge in [-0.3, -0.25) is 14.6 Å². The maximum atomic E-state index is 13.1. The van der Waals surface area contributed by atoms with Gasteiger partial charge in [-0.05, 0) is 75.9 Å². The lowest BCUT2D eigenvalue weighted by molar-refractivity contribution is -0.125. The van der Waals surface area contributed by atoms with E-state index in [-0.39, 0.29) is 23.5 Å². The Morgan fingerprint density at radius 2 is 1.84 bits per heavy atom. The van der Waals surface area contributed by atoms with Gasteiger partial charge in [0.1, 0.15) is 5.82 Å². The summed E-state index contributed by atoms with van der Waals surface area (Å²) in [5, 5.41) is 2.84. The zero-order valence-corrected chi connectivity index (χ0v) is 18.0. The summed E-state index contributed by atoms with van der Waals surface area (Å²) in [6, 6.07) is 9.43. The number of anilines is 2. The minimum Gasteiger partial charge on any atom is -0.381 e. The summed E-state index contributed by atoms with van der Waals surface area (Å²) in [7, 11) is 0. The van der Waals surface area contributed by atoms with Crippen LogP contribution in [0, 0.1) is 11.7 Å². The first-order valence-corrected chi connectivity index (χ1v) is 10.8. The number of ether oxygens (including phenoxy) is 1. The van der Waals surface area contributed by atoms with Gasteiger partial charge in [0.15, 0.2) is 0 Å². The molecule has 6 nitrogen and oxygen atoms in total. The van der Waals surface area contributed by atoms with Crippen molar-refractivity contribution in [2.75, 3.05) is 30.0 Å². The molecule has 3 heterocycles. The maximum absolute atomic E-state index is 13.1. The highest BCUT2D eigenvalue weighted by atomic mass is 19.1. The highest BCUT2D eigenvalue weighted by Crippen LogP contribution is 2.32. The second kappa shape index (κ2) is 8.75. The molecule has 2 aliphatic heterocycles. The molecular formula is C24H28FN3O3. The molecule has 0 saturated carbocycles. The zero-order chi connectivity index (χ0) is 22.0. The second-order valence-corrected chi connectivity index (χ2v) is 8.73. The molecule has 4 rings (SSSR count). The third-order valence-corrected chi connectivity index (χ3v) is 6.18. The van der Waals surface area contributed by atoms with E-state index in [0.29, 0.717) is 31.1 Å². The summed E-state index contributed by atoms with van der Waals surface area (Å²) in [6.07, 6.45) is 3.14. The van der Waals surface area contributed by atoms with Crippen LogP contribution in [0.4, 0.5) is 15.8 Å². The predicted molar refractivity (Wildman–Crippen MR) is 117 cm³/mol. The Bertz CT molecular complexity index is 969. The van der Waals surface area contributed by atoms with Crippen molar-refractivity contribution in [1.29, 1.82) is 0 Å². The molecule has 1 saturated heterocycles. The number of carbonyl (C=O) groups is 2. The minimum atomic E-state index is -0.892. The fourth-order valence-corrected chi connectivity index (χ4v) is 4.13. The van der Waals surface area contributed by atoms with Crippen molar-refractivity contribution in [3.63, 3.8) is 0 Å². The van der Waals surface area contributed by atoms with Crippen LogP contribution in [0.15, 0.2) is 36.4 Å². The summed E-state index contributed by atoms with van der Waals surface area (Å²) >= 11 is 0. The second-order valence-electron chi connectivity index (χ2n) is 8.73. The quantitative estimate of drug-likeness (QED) is 0.808. The van der Waals surface area contributed by atoms with Crippen LogP contribution in [0.25, 0.3) is 0 Å². The number of nitrogens with zero attached hydrogens (tertiary/aromatic N) is 2. The largest absolute Gasteiger partial charge is 0.381 e. The Hall–Kier alpha value is -2.80. The number of hydrogen-bond acceptors (Lipinski definition) is 4. The normalized spacial score (nSPS) is 17.2. The van der Waals surface area contributed by atoms with E-state index in [1.165, 1.54) is 24.3 Å². The van der Waals surface area contributed by atoms with Crippen molar-refractivity contribution in [3.8, 4) is 0 Å². The van der Waals surface area contributed by atoms with Crippen LogP contribution in [-0.2, 0) is 26.2 Å². The molecule has 2 amide bonds. The van der Waals surface area contributed by atoms with Crippen LogP contribution in [0.2, 0.25) is 0 Å². The summed E-state index contributed by atoms with van der Waals surface area (Å²) in [6.45, 7) is 5.58. The third kappa shape index (κ3) is 4.46. The molecule has 1 N–H and O–H groups in total. The molecule has 164 valence electrons. The number of hydrogen-bond donors (Lipinski definition) is 1. The average molecular weight is 426 g/mol. The van der Waals surface area contributed by atoms with Gasteiger partial charge in [-0.25, -0.2) is 4.39 Å². The number of amides is 2. The number of rotatable bonds is 4. The number of fused-ring (bicyclic) bond motifs is 1. The Balaban J connectivity index is 1.54. The van der Waals surface area contributed by atoms with Crippen molar-refractivity contribution in [2.45, 2.75) is 44.9 Å². The first-order chi connectivity index (χ1) is 14.9. The average Bonchev–Trinajstić information content (AvgIpc) is 2.79. The van der Waals surface area contributed by atoms with Crippen LogP contribution >= 0.6 is 0 Å². The molecule has 1 fully saturated rings. The lowest BCUT2D eigenvalue weighted by Crippen LogP contribution is -2.42. The van der Waals surface area contributed by atoms with Gasteiger partial charge in [-0.2, -0.15) is 0 Å². The molecule has 0 unspecified atom stereocenters. The molecule has 31 heavy (non-hydrogen) atoms. The fourth-order valence-electron chi connectivity index (χ4n) is 4.13. The zero-order valence-electron chi connectivity index (χ0n) is 18.0. The minimum absolute atomic E-state index is 0.00250. The van der Waals surface area contributed by atoms with E-state index in [1.807, 2.05) is 30.9 Å². The number of aryl methyl sites for hydroxylation is 1. The Kier molecular flexibility index (Phi) is 6.05. The van der Waals surface area contributed by atoms with Crippen molar-refractivity contribution < 1.29 is 18.7 Å². The fraction of sp³-hybridized carbons (Fsp3) is 0.458. The lowest BCUT2D eigenvalue weighted by atomic mass is 9.86. The molecule has 0 atom stereocenters. The Labute approximate surface area is 181 Å². The molecule has 2 aromatic rings. The van der Waals surface area contributed by atoms with Gasteiger partial charge < -0.3 is 15.0 Å². The number of nitrogens with one attached hydrogen (secondary N) is 1. The molecule has 7 heteroatoms. The van der Waals surface area contributed by atoms with Gasteiger partial charge in [-0.15, -0.1) is 0 Å². The van der Waals surface area contributed by atoms with Gasteiger partial charge in [-0.1, -0.05) is 0 Å². The molecule has 1 aromatic heterocycles. The van der Waals surface area contributed by atoms with Crippen molar-refractivity contribution >= 4 is 23.2 Å². The highest BCUT2D eigenvalue weighted by molar-refractivity contribution is 5.99. The lowest BCUT2D eigenvalue weighted by Gasteiger charge is -2.34. The van der Waals surface area contributed by atoms with Gasteiger partial charge in [0.05, 0.1) is 22.5 Å². The van der Waals surface area contributed by atoms with E-state index < -0.39 is 5.41 Å². The van der Waals surface area contributed by atoms with E-state index in [9.17, 15) is 14.0 Å². The Morgan fingerprint density at radius 3 is 2.55 bits per heavy atom. The number of halogens is 1. The summed E-state index contributed by atoms with van der Waals surface area (Å²) in [5.41, 5.74) is 1.99. The molecule has 0 aliphatic carbocycles. The van der Waals surface area contributed by atoms with E-state index in [1.54, 1.807) is 0 Å². The summed E-state index contributed by atoms with van der Waals surface area (Å²) in [4.78, 5) is 32.7. The van der Waals surface area contributed by atoms with Crippen molar-refractivity contribution in [1.82, 2.24) is 4.98 Å². The highest BCUT2D eigenvalue weighted by Gasteiger charge is 2.34. The smallest absolute Gasteiger partial charge is 0.236 e. The third-order valence-electron chi connectivity index (χ3n) is 6.18. The van der Waals surface area contributed by atoms with Gasteiger partial charge in [0.25, 0.3) is 0 Å². The van der Waals surface area contributed by atoms with E-state index >= 15 is 0 Å². The van der Waals surface area contributed by atoms with Crippen LogP contribution in [0.3, 0.4) is 0 Å². The monoisotopic (exact) mass is 425 g/mol. The first-order valence-electron chi connectivity index (χ1n) is 10.8. The summed E-state index contributed by atoms with van der Waals surface area (Å²) < 4.78 is 18.5. The van der Waals surface area contributed by atoms with Crippen LogP contribution in [0.1, 0.15) is 44.5 Å². The topological polar surface area (TPSA) is 71.5 Å². The number of aromatic nitrogens is 1. The van der Waals surface area contributed by atoms with E-state index in [2.05, 4.69) is 5.32 Å². The molecule has 0 spiro atoms. The molecular weight excluding hydrogens is 397 g/mol. The molecule has 2 aliphatic rings. The molecule has 0 radical (unpaired) electrons. The van der Waals surface area contributed by atoms with E-state index in [4.69, 9.17) is 9.72 Å². The Morgan fingerprint density at radius 1 is 1.13 bits per heavy atom. The molecule has 0 bridgehead atoms. The molecule has 1 aromatic carbocycles. The maximum Gasteiger partial charge on any atom is 0.236 e. The van der Waals surface area contributed by atoms with Crippen molar-refractivity contribution in [2.24, 2.45) is 5.92 Å². The van der Waals surface area contributed by atoms with E-state index in [0.717, 1.165) is 37.1 Å². The number of carbonyl (C=O) groups excluding carboxylic acids is 2. The SMILES string of the molecule is CC(C)(C(=O)Nc1ccc(F)cc1)c1ccc2c(n1)CCCN2C(=O)C1CCOCC1. The standard InChI is InChI=1S/C24H28FN3O3/c1-24(2,23(30)26-18-7-5-17(25)6-8-18)21-10-9-20-19(27-21)4-3-13-28(20)22(29)16-11-14-31-15-12-16/h5-10,16H,3-4,11-15H2,1-2H3,(H,26,30). The first kappa shape index (κ1) is 21.4. The number of pyridine rings is 1.